The van der Waals surface area contributed by atoms with Gasteiger partial charge in [0.15, 0.2) is 0 Å². The van der Waals surface area contributed by atoms with Crippen LogP contribution in [0.1, 0.15) is 30.1 Å². The fraction of sp³-hybridized carbons (Fsp3) is 0.562. The molecule has 1 amide bonds. The zero-order valence-electron chi connectivity index (χ0n) is 13.6. The summed E-state index contributed by atoms with van der Waals surface area (Å²) in [4.78, 5) is 12.0. The quantitative estimate of drug-likeness (QED) is 0.851. The highest BCUT2D eigenvalue weighted by molar-refractivity contribution is 7.89. The molecule has 2 rings (SSSR count). The van der Waals surface area contributed by atoms with E-state index < -0.39 is 10.0 Å². The van der Waals surface area contributed by atoms with Gasteiger partial charge in [-0.1, -0.05) is 6.92 Å². The average Bonchev–Trinajstić information content (AvgIpc) is 2.54. The summed E-state index contributed by atoms with van der Waals surface area (Å²) in [7, 11) is -1.75. The van der Waals surface area contributed by atoms with Crippen molar-refractivity contribution in [2.45, 2.75) is 19.8 Å². The van der Waals surface area contributed by atoms with Crippen molar-refractivity contribution in [3.05, 3.63) is 29.8 Å². The van der Waals surface area contributed by atoms with E-state index in [9.17, 15) is 13.2 Å². The highest BCUT2D eigenvalue weighted by atomic mass is 32.2. The van der Waals surface area contributed by atoms with Gasteiger partial charge in [-0.25, -0.2) is 12.7 Å². The van der Waals surface area contributed by atoms with Crippen LogP contribution in [-0.4, -0.2) is 51.1 Å². The average molecular weight is 340 g/mol. The molecule has 0 radical (unpaired) electrons. The number of amides is 1. The molecule has 1 aliphatic rings. The van der Waals surface area contributed by atoms with Gasteiger partial charge in [-0.05, 0) is 43.0 Å². The fourth-order valence-electron chi connectivity index (χ4n) is 2.67. The van der Waals surface area contributed by atoms with E-state index in [0.717, 1.165) is 12.8 Å². The van der Waals surface area contributed by atoms with Gasteiger partial charge in [-0.2, -0.15) is 0 Å². The van der Waals surface area contributed by atoms with Gasteiger partial charge in [0.2, 0.25) is 10.0 Å². The Morgan fingerprint density at radius 1 is 1.35 bits per heavy atom. The zero-order valence-corrected chi connectivity index (χ0v) is 14.4. The maximum atomic E-state index is 12.3. The molecule has 6 nitrogen and oxygen atoms in total. The van der Waals surface area contributed by atoms with E-state index in [2.05, 4.69) is 12.2 Å². The fourth-order valence-corrected chi connectivity index (χ4v) is 4.17. The molecule has 1 aliphatic heterocycles. The molecule has 0 spiro atoms. The van der Waals surface area contributed by atoms with E-state index in [-0.39, 0.29) is 18.2 Å². The number of hydrogen-bond donors (Lipinski definition) is 1. The lowest BCUT2D eigenvalue weighted by Crippen LogP contribution is -2.42. The molecule has 0 bridgehead atoms. The molecule has 1 saturated heterocycles. The molecule has 128 valence electrons. The lowest BCUT2D eigenvalue weighted by atomic mass is 10.0. The second kappa shape index (κ2) is 7.79. The summed E-state index contributed by atoms with van der Waals surface area (Å²) in [5.74, 6) is 0.715. The van der Waals surface area contributed by atoms with Gasteiger partial charge in [0.1, 0.15) is 5.75 Å². The normalized spacial score (nSPS) is 19.3. The van der Waals surface area contributed by atoms with Crippen molar-refractivity contribution in [1.29, 1.82) is 0 Å². The maximum Gasteiger partial charge on any atom is 0.251 e. The lowest BCUT2D eigenvalue weighted by molar-refractivity contribution is 0.0956. The van der Waals surface area contributed by atoms with Crippen molar-refractivity contribution in [3.63, 3.8) is 0 Å². The molecule has 0 saturated carbocycles. The van der Waals surface area contributed by atoms with Crippen molar-refractivity contribution >= 4 is 15.9 Å². The number of sulfonamides is 1. The molecule has 23 heavy (non-hydrogen) atoms. The number of ether oxygens (including phenoxy) is 1. The Bertz CT molecular complexity index is 628. The van der Waals surface area contributed by atoms with E-state index in [1.165, 1.54) is 0 Å². The predicted octanol–water partition coefficient (Wildman–Crippen LogP) is 1.49. The molecule has 1 fully saturated rings. The summed E-state index contributed by atoms with van der Waals surface area (Å²) >= 11 is 0. The van der Waals surface area contributed by atoms with E-state index in [0.29, 0.717) is 30.3 Å². The molecular formula is C16H24N2O4S. The first kappa shape index (κ1) is 17.7. The zero-order chi connectivity index (χ0) is 16.9. The molecule has 0 aromatic heterocycles. The molecule has 1 aromatic rings. The second-order valence-corrected chi connectivity index (χ2v) is 7.99. The molecule has 1 aromatic carbocycles. The first-order chi connectivity index (χ1) is 10.9. The summed E-state index contributed by atoms with van der Waals surface area (Å²) < 4.78 is 31.2. The highest BCUT2D eigenvalue weighted by Gasteiger charge is 2.26. The molecule has 1 heterocycles. The van der Waals surface area contributed by atoms with Crippen LogP contribution in [0.3, 0.4) is 0 Å². The topological polar surface area (TPSA) is 75.7 Å². The van der Waals surface area contributed by atoms with Crippen LogP contribution in [-0.2, 0) is 10.0 Å². The maximum absolute atomic E-state index is 12.3. The Hall–Kier alpha value is -1.60. The number of methoxy groups -OCH3 is 1. The summed E-state index contributed by atoms with van der Waals surface area (Å²) in [6.07, 6.45) is 1.97. The van der Waals surface area contributed by atoms with Crippen LogP contribution in [0.15, 0.2) is 24.3 Å². The molecule has 1 atom stereocenters. The van der Waals surface area contributed by atoms with Crippen molar-refractivity contribution in [1.82, 2.24) is 9.62 Å². The Morgan fingerprint density at radius 2 is 2.04 bits per heavy atom. The molecule has 0 unspecified atom stereocenters. The monoisotopic (exact) mass is 340 g/mol. The minimum absolute atomic E-state index is 0.0678. The number of carbonyl (C=O) groups is 1. The minimum Gasteiger partial charge on any atom is -0.497 e. The number of benzene rings is 1. The van der Waals surface area contributed by atoms with Gasteiger partial charge in [0.25, 0.3) is 5.91 Å². The number of nitrogens with one attached hydrogen (secondary N) is 1. The van der Waals surface area contributed by atoms with Crippen molar-refractivity contribution in [3.8, 4) is 5.75 Å². The molecule has 0 aliphatic carbocycles. The lowest BCUT2D eigenvalue weighted by Gasteiger charge is -2.30. The Morgan fingerprint density at radius 3 is 2.65 bits per heavy atom. The van der Waals surface area contributed by atoms with Gasteiger partial charge in [0, 0.05) is 25.2 Å². The molecule has 1 N–H and O–H groups in total. The first-order valence-corrected chi connectivity index (χ1v) is 9.43. The number of piperidine rings is 1. The number of rotatable bonds is 6. The van der Waals surface area contributed by atoms with Crippen LogP contribution in [0.5, 0.6) is 5.75 Å². The number of carbonyl (C=O) groups excluding carboxylic acids is 1. The smallest absolute Gasteiger partial charge is 0.251 e. The van der Waals surface area contributed by atoms with E-state index in [4.69, 9.17) is 4.74 Å². The summed E-state index contributed by atoms with van der Waals surface area (Å²) in [5, 5.41) is 2.66. The van der Waals surface area contributed by atoms with Gasteiger partial charge >= 0.3 is 0 Å². The van der Waals surface area contributed by atoms with Gasteiger partial charge in [-0.3, -0.25) is 4.79 Å². The van der Waals surface area contributed by atoms with E-state index in [1.807, 2.05) is 0 Å². The van der Waals surface area contributed by atoms with Gasteiger partial charge < -0.3 is 10.1 Å². The first-order valence-electron chi connectivity index (χ1n) is 7.82. The predicted molar refractivity (Wildman–Crippen MR) is 89.1 cm³/mol. The summed E-state index contributed by atoms with van der Waals surface area (Å²) in [5.41, 5.74) is 0.481. The van der Waals surface area contributed by atoms with Crippen molar-refractivity contribution in [2.75, 3.05) is 32.5 Å². The molecular weight excluding hydrogens is 316 g/mol. The highest BCUT2D eigenvalue weighted by Crippen LogP contribution is 2.18. The second-order valence-electron chi connectivity index (χ2n) is 5.91. The van der Waals surface area contributed by atoms with E-state index >= 15 is 0 Å². The van der Waals surface area contributed by atoms with E-state index in [1.54, 1.807) is 35.7 Å². The summed E-state index contributed by atoms with van der Waals surface area (Å²) in [6, 6.07) is 6.69. The van der Waals surface area contributed by atoms with Crippen LogP contribution in [0, 0.1) is 5.92 Å². The SMILES string of the molecule is COc1ccc(C(=O)NCCS(=O)(=O)N2CCC[C@H](C)C2)cc1. The Balaban J connectivity index is 1.84. The van der Waals surface area contributed by atoms with Crippen LogP contribution in [0.4, 0.5) is 0 Å². The number of hydrogen-bond acceptors (Lipinski definition) is 4. The van der Waals surface area contributed by atoms with Crippen LogP contribution < -0.4 is 10.1 Å². The van der Waals surface area contributed by atoms with Crippen LogP contribution >= 0.6 is 0 Å². The summed E-state index contributed by atoms with van der Waals surface area (Å²) in [6.45, 7) is 3.33. The Kier molecular flexibility index (Phi) is 6.01. The third-order valence-electron chi connectivity index (χ3n) is 4.01. The third-order valence-corrected chi connectivity index (χ3v) is 5.85. The van der Waals surface area contributed by atoms with Crippen molar-refractivity contribution in [2.24, 2.45) is 5.92 Å². The third kappa shape index (κ3) is 4.94. The van der Waals surface area contributed by atoms with Gasteiger partial charge in [-0.15, -0.1) is 0 Å². The van der Waals surface area contributed by atoms with Crippen LogP contribution in [0.2, 0.25) is 0 Å². The number of nitrogens with zero attached hydrogens (tertiary/aromatic N) is 1. The minimum atomic E-state index is -3.31. The largest absolute Gasteiger partial charge is 0.497 e. The Labute approximate surface area is 137 Å². The standard InChI is InChI=1S/C16H24N2O4S/c1-13-4-3-10-18(12-13)23(20,21)11-9-17-16(19)14-5-7-15(22-2)8-6-14/h5-8,13H,3-4,9-12H2,1-2H3,(H,17,19)/t13-/m0/s1. The van der Waals surface area contributed by atoms with Gasteiger partial charge in [0.05, 0.1) is 12.9 Å². The van der Waals surface area contributed by atoms with Crippen molar-refractivity contribution < 1.29 is 17.9 Å². The van der Waals surface area contributed by atoms with Crippen LogP contribution in [0.25, 0.3) is 0 Å². The molecule has 7 heteroatoms.